The Balaban J connectivity index is 2.02. The van der Waals surface area contributed by atoms with Gasteiger partial charge in [0.05, 0.1) is 12.5 Å². The number of nitrogens with zero attached hydrogens (tertiary/aromatic N) is 1. The van der Waals surface area contributed by atoms with E-state index in [1.165, 1.54) is 4.90 Å². The Labute approximate surface area is 121 Å². The second kappa shape index (κ2) is 6.05. The first-order valence-electron chi connectivity index (χ1n) is 6.89. The van der Waals surface area contributed by atoms with Crippen LogP contribution in [0.2, 0.25) is 0 Å². The average molecular weight is 301 g/mol. The highest BCUT2D eigenvalue weighted by Crippen LogP contribution is 2.31. The third-order valence-corrected chi connectivity index (χ3v) is 3.68. The number of benzene rings is 1. The predicted octanol–water partition coefficient (Wildman–Crippen LogP) is 3.40. The van der Waals surface area contributed by atoms with Gasteiger partial charge in [0.1, 0.15) is 0 Å². The van der Waals surface area contributed by atoms with Gasteiger partial charge >= 0.3 is 12.1 Å². The van der Waals surface area contributed by atoms with Crippen molar-refractivity contribution < 1.29 is 23.1 Å². The molecule has 1 aromatic rings. The van der Waals surface area contributed by atoms with Crippen molar-refractivity contribution in [3.8, 4) is 0 Å². The van der Waals surface area contributed by atoms with E-state index in [1.807, 2.05) is 0 Å². The molecule has 1 fully saturated rings. The molecule has 0 saturated heterocycles. The molecular formula is C15H18F3NO2. The van der Waals surface area contributed by atoms with Crippen LogP contribution in [0.5, 0.6) is 0 Å². The molecule has 0 radical (unpaired) electrons. The molecule has 6 heteroatoms. The van der Waals surface area contributed by atoms with Crippen molar-refractivity contribution in [2.45, 2.75) is 44.4 Å². The fraction of sp³-hybridized carbons (Fsp3) is 0.533. The van der Waals surface area contributed by atoms with Gasteiger partial charge < -0.3 is 5.11 Å². The van der Waals surface area contributed by atoms with Crippen LogP contribution in [0.25, 0.3) is 0 Å². The van der Waals surface area contributed by atoms with Crippen LogP contribution in [0.4, 0.5) is 13.2 Å². The van der Waals surface area contributed by atoms with Gasteiger partial charge in [-0.3, -0.25) is 9.69 Å². The van der Waals surface area contributed by atoms with E-state index < -0.39 is 24.6 Å². The maximum Gasteiger partial charge on any atom is 0.401 e. The van der Waals surface area contributed by atoms with Crippen molar-refractivity contribution in [3.05, 3.63) is 35.4 Å². The Kier molecular flexibility index (Phi) is 4.56. The second-order valence-electron chi connectivity index (χ2n) is 5.55. The summed E-state index contributed by atoms with van der Waals surface area (Å²) < 4.78 is 37.6. The van der Waals surface area contributed by atoms with Gasteiger partial charge in [-0.2, -0.15) is 13.2 Å². The van der Waals surface area contributed by atoms with Crippen LogP contribution in [-0.4, -0.2) is 34.7 Å². The van der Waals surface area contributed by atoms with Gasteiger partial charge in [0.2, 0.25) is 0 Å². The molecule has 0 aliphatic heterocycles. The van der Waals surface area contributed by atoms with E-state index >= 15 is 0 Å². The molecule has 0 heterocycles. The summed E-state index contributed by atoms with van der Waals surface area (Å²) in [6, 6.07) is 6.78. The zero-order valence-electron chi connectivity index (χ0n) is 11.7. The van der Waals surface area contributed by atoms with Crippen LogP contribution in [0.3, 0.4) is 0 Å². The van der Waals surface area contributed by atoms with Crippen LogP contribution in [-0.2, 0) is 11.3 Å². The van der Waals surface area contributed by atoms with E-state index in [1.54, 1.807) is 31.2 Å². The molecule has 1 aliphatic carbocycles. The lowest BCUT2D eigenvalue weighted by molar-refractivity contribution is -0.148. The van der Waals surface area contributed by atoms with Crippen LogP contribution in [0.1, 0.15) is 36.8 Å². The molecule has 1 atom stereocenters. The van der Waals surface area contributed by atoms with E-state index in [0.717, 1.165) is 18.4 Å². The molecular weight excluding hydrogens is 283 g/mol. The molecule has 1 N–H and O–H groups in total. The number of halogens is 3. The van der Waals surface area contributed by atoms with Gasteiger partial charge in [0, 0.05) is 12.6 Å². The average Bonchev–Trinajstić information content (AvgIpc) is 3.20. The molecule has 2 rings (SSSR count). The lowest BCUT2D eigenvalue weighted by Crippen LogP contribution is -2.35. The summed E-state index contributed by atoms with van der Waals surface area (Å²) >= 11 is 0. The first-order valence-corrected chi connectivity index (χ1v) is 6.89. The van der Waals surface area contributed by atoms with Gasteiger partial charge in [-0.05, 0) is 30.9 Å². The van der Waals surface area contributed by atoms with Crippen molar-refractivity contribution in [1.82, 2.24) is 4.90 Å². The topological polar surface area (TPSA) is 40.5 Å². The Hall–Kier alpha value is -1.56. The molecule has 21 heavy (non-hydrogen) atoms. The highest BCUT2D eigenvalue weighted by molar-refractivity contribution is 5.75. The zero-order chi connectivity index (χ0) is 15.6. The van der Waals surface area contributed by atoms with Gasteiger partial charge in [-0.15, -0.1) is 0 Å². The minimum absolute atomic E-state index is 0.0178. The van der Waals surface area contributed by atoms with E-state index in [-0.39, 0.29) is 12.6 Å². The number of alkyl halides is 3. The first-order chi connectivity index (χ1) is 9.76. The Morgan fingerprint density at radius 2 is 1.90 bits per heavy atom. The summed E-state index contributed by atoms with van der Waals surface area (Å²) in [5.74, 6) is -1.53. The van der Waals surface area contributed by atoms with E-state index in [4.69, 9.17) is 5.11 Å². The maximum atomic E-state index is 12.5. The number of carbonyl (C=O) groups is 1. The van der Waals surface area contributed by atoms with E-state index in [9.17, 15) is 18.0 Å². The molecule has 1 saturated carbocycles. The molecule has 0 bridgehead atoms. The minimum atomic E-state index is -4.19. The van der Waals surface area contributed by atoms with Crippen molar-refractivity contribution in [2.75, 3.05) is 6.54 Å². The summed E-state index contributed by atoms with van der Waals surface area (Å²) in [5.41, 5.74) is 1.42. The van der Waals surface area contributed by atoms with Crippen molar-refractivity contribution in [3.63, 3.8) is 0 Å². The minimum Gasteiger partial charge on any atom is -0.481 e. The number of hydrogen-bond donors (Lipinski definition) is 1. The van der Waals surface area contributed by atoms with Crippen molar-refractivity contribution in [1.29, 1.82) is 0 Å². The zero-order valence-corrected chi connectivity index (χ0v) is 11.7. The third-order valence-electron chi connectivity index (χ3n) is 3.68. The maximum absolute atomic E-state index is 12.5. The van der Waals surface area contributed by atoms with Gasteiger partial charge in [-0.1, -0.05) is 24.3 Å². The molecule has 0 amide bonds. The van der Waals surface area contributed by atoms with Crippen LogP contribution >= 0.6 is 0 Å². The summed E-state index contributed by atoms with van der Waals surface area (Å²) in [4.78, 5) is 12.3. The summed E-state index contributed by atoms with van der Waals surface area (Å²) in [7, 11) is 0. The molecule has 0 spiro atoms. The highest BCUT2D eigenvalue weighted by Gasteiger charge is 2.37. The third kappa shape index (κ3) is 4.74. The molecule has 0 aromatic heterocycles. The Morgan fingerprint density at radius 1 is 1.33 bits per heavy atom. The standard InChI is InChI=1S/C15H18F3NO2/c1-10(14(20)21)12-4-2-11(3-5-12)8-19(13-6-7-13)9-15(16,17)18/h2-5,10,13H,6-9H2,1H3,(H,20,21). The first kappa shape index (κ1) is 15.8. The number of carboxylic acids is 1. The lowest BCUT2D eigenvalue weighted by Gasteiger charge is -2.23. The summed E-state index contributed by atoms with van der Waals surface area (Å²) in [5, 5.41) is 8.93. The monoisotopic (exact) mass is 301 g/mol. The van der Waals surface area contributed by atoms with E-state index in [0.29, 0.717) is 5.56 Å². The SMILES string of the molecule is CC(C(=O)O)c1ccc(CN(CC(F)(F)F)C2CC2)cc1. The lowest BCUT2D eigenvalue weighted by atomic mass is 10.00. The summed E-state index contributed by atoms with van der Waals surface area (Å²) in [6.45, 7) is 0.925. The van der Waals surface area contributed by atoms with Gasteiger partial charge in [0.15, 0.2) is 0 Å². The van der Waals surface area contributed by atoms with Crippen LogP contribution < -0.4 is 0 Å². The van der Waals surface area contributed by atoms with Crippen molar-refractivity contribution >= 4 is 5.97 Å². The molecule has 1 aliphatic rings. The van der Waals surface area contributed by atoms with Crippen molar-refractivity contribution in [2.24, 2.45) is 0 Å². The van der Waals surface area contributed by atoms with Crippen LogP contribution in [0, 0.1) is 0 Å². The Bertz CT molecular complexity index is 495. The smallest absolute Gasteiger partial charge is 0.401 e. The highest BCUT2D eigenvalue weighted by atomic mass is 19.4. The quantitative estimate of drug-likeness (QED) is 0.875. The number of carboxylic acid groups (broad SMARTS) is 1. The number of hydrogen-bond acceptors (Lipinski definition) is 2. The van der Waals surface area contributed by atoms with Crippen LogP contribution in [0.15, 0.2) is 24.3 Å². The van der Waals surface area contributed by atoms with Gasteiger partial charge in [0.25, 0.3) is 0 Å². The molecule has 1 unspecified atom stereocenters. The fourth-order valence-corrected chi connectivity index (χ4v) is 2.27. The largest absolute Gasteiger partial charge is 0.481 e. The second-order valence-corrected chi connectivity index (χ2v) is 5.55. The van der Waals surface area contributed by atoms with Gasteiger partial charge in [-0.25, -0.2) is 0 Å². The predicted molar refractivity (Wildman–Crippen MR) is 72.0 cm³/mol. The fourth-order valence-electron chi connectivity index (χ4n) is 2.27. The number of rotatable bonds is 6. The number of aliphatic carboxylic acids is 1. The molecule has 1 aromatic carbocycles. The normalized spacial score (nSPS) is 17.0. The molecule has 116 valence electrons. The molecule has 3 nitrogen and oxygen atoms in total. The Morgan fingerprint density at radius 3 is 2.33 bits per heavy atom. The summed E-state index contributed by atoms with van der Waals surface area (Å²) in [6.07, 6.45) is -2.57. The van der Waals surface area contributed by atoms with E-state index in [2.05, 4.69) is 0 Å².